The van der Waals surface area contributed by atoms with E-state index in [9.17, 15) is 9.18 Å². The molecular weight excluding hydrogens is 349 g/mol. The van der Waals surface area contributed by atoms with E-state index < -0.39 is 11.7 Å². The van der Waals surface area contributed by atoms with E-state index in [4.69, 9.17) is 22.1 Å². The molecule has 0 saturated heterocycles. The van der Waals surface area contributed by atoms with Crippen LogP contribution in [0.3, 0.4) is 0 Å². The molecule has 3 N–H and O–H groups in total. The molecule has 7 nitrogen and oxygen atoms in total. The van der Waals surface area contributed by atoms with E-state index in [0.717, 1.165) is 0 Å². The zero-order chi connectivity index (χ0) is 18.0. The Kier molecular flexibility index (Phi) is 4.53. The maximum Gasteiger partial charge on any atom is 0.280 e. The van der Waals surface area contributed by atoms with Crippen molar-refractivity contribution in [1.82, 2.24) is 15.0 Å². The Morgan fingerprint density at radius 1 is 1.28 bits per heavy atom. The van der Waals surface area contributed by atoms with Crippen LogP contribution in [-0.4, -0.2) is 28.0 Å². The fraction of sp³-hybridized carbons (Fsp3) is 0.0625. The molecule has 0 radical (unpaired) electrons. The number of rotatable bonds is 4. The van der Waals surface area contributed by atoms with E-state index >= 15 is 0 Å². The lowest BCUT2D eigenvalue weighted by atomic mass is 10.3. The molecule has 25 heavy (non-hydrogen) atoms. The standard InChI is InChI=1S/C16H13ClFN5O2/c1-25-13-7-4-10(8-12(13)17)20-16(24)14-15(19)23(22-21-14)11-5-2-9(18)3-6-11/h2-8H,19H2,1H3,(H,20,24). The SMILES string of the molecule is COc1ccc(NC(=O)c2nnn(-c3ccc(F)cc3)c2N)cc1Cl. The summed E-state index contributed by atoms with van der Waals surface area (Å²) in [5.74, 6) is -0.422. The summed E-state index contributed by atoms with van der Waals surface area (Å²) in [6.45, 7) is 0. The monoisotopic (exact) mass is 361 g/mol. The van der Waals surface area contributed by atoms with Gasteiger partial charge in [-0.15, -0.1) is 5.10 Å². The summed E-state index contributed by atoms with van der Waals surface area (Å²) in [6.07, 6.45) is 0. The quantitative estimate of drug-likeness (QED) is 0.745. The number of carbonyl (C=O) groups is 1. The number of anilines is 2. The van der Waals surface area contributed by atoms with Gasteiger partial charge in [0.05, 0.1) is 17.8 Å². The van der Waals surface area contributed by atoms with Crippen molar-refractivity contribution >= 4 is 29.0 Å². The summed E-state index contributed by atoms with van der Waals surface area (Å²) in [4.78, 5) is 12.4. The van der Waals surface area contributed by atoms with E-state index in [1.165, 1.54) is 36.1 Å². The molecule has 3 rings (SSSR count). The number of nitrogens with zero attached hydrogens (tertiary/aromatic N) is 3. The van der Waals surface area contributed by atoms with Gasteiger partial charge in [-0.25, -0.2) is 4.39 Å². The second kappa shape index (κ2) is 6.78. The number of hydrogen-bond acceptors (Lipinski definition) is 5. The minimum absolute atomic E-state index is 0.0312. The van der Waals surface area contributed by atoms with Crippen molar-refractivity contribution in [2.75, 3.05) is 18.2 Å². The minimum atomic E-state index is -0.549. The van der Waals surface area contributed by atoms with Crippen molar-refractivity contribution in [3.8, 4) is 11.4 Å². The molecule has 1 aromatic heterocycles. The van der Waals surface area contributed by atoms with Crippen LogP contribution in [0.5, 0.6) is 5.75 Å². The van der Waals surface area contributed by atoms with Gasteiger partial charge in [0.15, 0.2) is 11.5 Å². The van der Waals surface area contributed by atoms with Crippen LogP contribution < -0.4 is 15.8 Å². The third-order valence-corrected chi connectivity index (χ3v) is 3.70. The molecule has 0 unspecified atom stereocenters. The highest BCUT2D eigenvalue weighted by molar-refractivity contribution is 6.32. The number of nitrogens with two attached hydrogens (primary N) is 1. The van der Waals surface area contributed by atoms with Gasteiger partial charge in [0.25, 0.3) is 5.91 Å². The molecule has 0 fully saturated rings. The van der Waals surface area contributed by atoms with Gasteiger partial charge in [-0.1, -0.05) is 16.8 Å². The molecule has 0 atom stereocenters. The largest absolute Gasteiger partial charge is 0.495 e. The lowest BCUT2D eigenvalue weighted by Gasteiger charge is -2.07. The Morgan fingerprint density at radius 3 is 2.64 bits per heavy atom. The summed E-state index contributed by atoms with van der Waals surface area (Å²) in [5.41, 5.74) is 6.82. The van der Waals surface area contributed by atoms with Crippen LogP contribution in [0.4, 0.5) is 15.9 Å². The molecule has 0 saturated carbocycles. The number of hydrogen-bond donors (Lipinski definition) is 2. The van der Waals surface area contributed by atoms with Crippen LogP contribution in [0.15, 0.2) is 42.5 Å². The zero-order valence-corrected chi connectivity index (χ0v) is 13.8. The van der Waals surface area contributed by atoms with Crippen LogP contribution >= 0.6 is 11.6 Å². The van der Waals surface area contributed by atoms with Gasteiger partial charge in [0.1, 0.15) is 11.6 Å². The van der Waals surface area contributed by atoms with Crippen LogP contribution in [-0.2, 0) is 0 Å². The van der Waals surface area contributed by atoms with Crippen molar-refractivity contribution in [2.45, 2.75) is 0 Å². The second-order valence-electron chi connectivity index (χ2n) is 5.01. The van der Waals surface area contributed by atoms with E-state index in [0.29, 0.717) is 22.1 Å². The Bertz CT molecular complexity index is 927. The van der Waals surface area contributed by atoms with Crippen molar-refractivity contribution in [2.24, 2.45) is 0 Å². The molecule has 3 aromatic rings. The molecule has 2 aromatic carbocycles. The molecule has 1 heterocycles. The summed E-state index contributed by atoms with van der Waals surface area (Å²) >= 11 is 6.02. The van der Waals surface area contributed by atoms with Crippen molar-refractivity contribution in [3.63, 3.8) is 0 Å². The van der Waals surface area contributed by atoms with E-state index in [1.54, 1.807) is 18.2 Å². The predicted molar refractivity (Wildman–Crippen MR) is 91.7 cm³/mol. The number of nitrogens with one attached hydrogen (secondary N) is 1. The highest BCUT2D eigenvalue weighted by atomic mass is 35.5. The molecule has 0 bridgehead atoms. The summed E-state index contributed by atoms with van der Waals surface area (Å²) in [7, 11) is 1.49. The van der Waals surface area contributed by atoms with Gasteiger partial charge >= 0.3 is 0 Å². The lowest BCUT2D eigenvalue weighted by molar-refractivity contribution is 0.102. The smallest absolute Gasteiger partial charge is 0.280 e. The van der Waals surface area contributed by atoms with Gasteiger partial charge in [-0.2, -0.15) is 4.68 Å². The molecule has 9 heteroatoms. The average molecular weight is 362 g/mol. The van der Waals surface area contributed by atoms with Crippen LogP contribution in [0.25, 0.3) is 5.69 Å². The molecule has 0 aliphatic heterocycles. The molecular formula is C16H13ClFN5O2. The third kappa shape index (κ3) is 3.38. The van der Waals surface area contributed by atoms with Gasteiger partial charge in [-0.3, -0.25) is 4.79 Å². The Balaban J connectivity index is 1.83. The highest BCUT2D eigenvalue weighted by Crippen LogP contribution is 2.27. The maximum atomic E-state index is 13.0. The van der Waals surface area contributed by atoms with Gasteiger partial charge < -0.3 is 15.8 Å². The van der Waals surface area contributed by atoms with Gasteiger partial charge in [-0.05, 0) is 42.5 Å². The summed E-state index contributed by atoms with van der Waals surface area (Å²) < 4.78 is 19.3. The minimum Gasteiger partial charge on any atom is -0.495 e. The molecule has 1 amide bonds. The average Bonchev–Trinajstić information content (AvgIpc) is 2.97. The van der Waals surface area contributed by atoms with Crippen LogP contribution in [0, 0.1) is 5.82 Å². The number of methoxy groups -OCH3 is 1. The Hall–Kier alpha value is -3.13. The number of amides is 1. The second-order valence-corrected chi connectivity index (χ2v) is 5.42. The van der Waals surface area contributed by atoms with E-state index in [1.807, 2.05) is 0 Å². The number of aromatic nitrogens is 3. The fourth-order valence-corrected chi connectivity index (χ4v) is 2.42. The van der Waals surface area contributed by atoms with Crippen molar-refractivity contribution < 1.29 is 13.9 Å². The van der Waals surface area contributed by atoms with Gasteiger partial charge in [0.2, 0.25) is 0 Å². The van der Waals surface area contributed by atoms with Crippen LogP contribution in [0.1, 0.15) is 10.5 Å². The highest BCUT2D eigenvalue weighted by Gasteiger charge is 2.19. The number of halogens is 2. The summed E-state index contributed by atoms with van der Waals surface area (Å²) in [6, 6.07) is 10.3. The predicted octanol–water partition coefficient (Wildman–Crippen LogP) is 2.90. The maximum absolute atomic E-state index is 13.0. The first-order valence-electron chi connectivity index (χ1n) is 7.11. The number of ether oxygens (including phenoxy) is 1. The fourth-order valence-electron chi connectivity index (χ4n) is 2.16. The topological polar surface area (TPSA) is 95.1 Å². The van der Waals surface area contributed by atoms with E-state index in [-0.39, 0.29) is 11.5 Å². The Morgan fingerprint density at radius 2 is 2.00 bits per heavy atom. The first kappa shape index (κ1) is 16.7. The lowest BCUT2D eigenvalue weighted by Crippen LogP contribution is -2.15. The zero-order valence-electron chi connectivity index (χ0n) is 13.0. The molecule has 0 aliphatic rings. The number of benzene rings is 2. The first-order chi connectivity index (χ1) is 12.0. The van der Waals surface area contributed by atoms with Crippen molar-refractivity contribution in [1.29, 1.82) is 0 Å². The Labute approximate surface area is 147 Å². The molecule has 0 spiro atoms. The number of nitrogen functional groups attached to an aromatic ring is 1. The van der Waals surface area contributed by atoms with E-state index in [2.05, 4.69) is 15.6 Å². The molecule has 128 valence electrons. The van der Waals surface area contributed by atoms with Crippen molar-refractivity contribution in [3.05, 3.63) is 59.0 Å². The number of carbonyl (C=O) groups excluding carboxylic acids is 1. The van der Waals surface area contributed by atoms with Crippen LogP contribution in [0.2, 0.25) is 5.02 Å². The third-order valence-electron chi connectivity index (χ3n) is 3.40. The van der Waals surface area contributed by atoms with Gasteiger partial charge in [0, 0.05) is 5.69 Å². The molecule has 0 aliphatic carbocycles. The first-order valence-corrected chi connectivity index (χ1v) is 7.49. The normalized spacial score (nSPS) is 10.5. The summed E-state index contributed by atoms with van der Waals surface area (Å²) in [5, 5.41) is 10.6.